The van der Waals surface area contributed by atoms with Crippen molar-refractivity contribution in [2.45, 2.75) is 13.8 Å². The van der Waals surface area contributed by atoms with Crippen LogP contribution in [0.5, 0.6) is 0 Å². The molecule has 3 amide bonds. The van der Waals surface area contributed by atoms with Gasteiger partial charge in [0.15, 0.2) is 5.76 Å². The average molecular weight is 357 g/mol. The Morgan fingerprint density at radius 3 is 2.23 bits per heavy atom. The van der Waals surface area contributed by atoms with Crippen LogP contribution in [0.25, 0.3) is 0 Å². The lowest BCUT2D eigenvalue weighted by atomic mass is 10.2. The lowest BCUT2D eigenvalue weighted by Gasteiger charge is -2.23. The quantitative estimate of drug-likeness (QED) is 0.825. The summed E-state index contributed by atoms with van der Waals surface area (Å²) in [4.78, 5) is 39.6. The van der Waals surface area contributed by atoms with E-state index in [0.717, 1.165) is 0 Å². The zero-order valence-corrected chi connectivity index (χ0v) is 15.2. The average Bonchev–Trinajstić information content (AvgIpc) is 3.17. The van der Waals surface area contributed by atoms with Crippen molar-refractivity contribution >= 4 is 23.4 Å². The van der Waals surface area contributed by atoms with Crippen LogP contribution in [0.4, 0.5) is 5.69 Å². The highest BCUT2D eigenvalue weighted by Crippen LogP contribution is 2.13. The number of furan rings is 1. The Hall–Kier alpha value is -3.09. The molecule has 7 heteroatoms. The van der Waals surface area contributed by atoms with Gasteiger partial charge in [0.25, 0.3) is 11.8 Å². The van der Waals surface area contributed by atoms with E-state index in [0.29, 0.717) is 24.3 Å². The van der Waals surface area contributed by atoms with Crippen molar-refractivity contribution in [3.8, 4) is 0 Å². The Morgan fingerprint density at radius 1 is 1.04 bits per heavy atom. The highest BCUT2D eigenvalue weighted by atomic mass is 16.3. The van der Waals surface area contributed by atoms with Crippen molar-refractivity contribution in [1.29, 1.82) is 0 Å². The van der Waals surface area contributed by atoms with Gasteiger partial charge in [-0.05, 0) is 50.2 Å². The number of rotatable bonds is 7. The minimum atomic E-state index is -0.365. The zero-order chi connectivity index (χ0) is 19.1. The second-order valence-corrected chi connectivity index (χ2v) is 5.74. The molecule has 1 N–H and O–H groups in total. The molecule has 138 valence electrons. The van der Waals surface area contributed by atoms with Gasteiger partial charge in [0.2, 0.25) is 5.91 Å². The third-order valence-corrected chi connectivity index (χ3v) is 3.97. The molecule has 2 aromatic rings. The van der Waals surface area contributed by atoms with E-state index >= 15 is 0 Å². The topological polar surface area (TPSA) is 82.9 Å². The van der Waals surface area contributed by atoms with E-state index in [1.165, 1.54) is 11.2 Å². The van der Waals surface area contributed by atoms with E-state index < -0.39 is 0 Å². The lowest BCUT2D eigenvalue weighted by molar-refractivity contribution is -0.131. The highest BCUT2D eigenvalue weighted by molar-refractivity contribution is 6.02. The van der Waals surface area contributed by atoms with Crippen LogP contribution in [-0.2, 0) is 4.79 Å². The van der Waals surface area contributed by atoms with Gasteiger partial charge in [-0.15, -0.1) is 0 Å². The van der Waals surface area contributed by atoms with Crippen molar-refractivity contribution < 1.29 is 18.8 Å². The second-order valence-electron chi connectivity index (χ2n) is 5.74. The lowest BCUT2D eigenvalue weighted by Crippen LogP contribution is -2.41. The third kappa shape index (κ3) is 4.72. The minimum Gasteiger partial charge on any atom is -0.459 e. The normalized spacial score (nSPS) is 10.3. The summed E-state index contributed by atoms with van der Waals surface area (Å²) in [6.07, 6.45) is 1.42. The SMILES string of the molecule is CCN(CC)C(=O)CN(C)C(=O)c1ccc(NC(=O)c2ccco2)cc1. The molecule has 0 aliphatic carbocycles. The Kier molecular flexibility index (Phi) is 6.54. The van der Waals surface area contributed by atoms with Gasteiger partial charge in [-0.1, -0.05) is 0 Å². The van der Waals surface area contributed by atoms with Gasteiger partial charge in [0.1, 0.15) is 0 Å². The van der Waals surface area contributed by atoms with Crippen LogP contribution in [0.1, 0.15) is 34.8 Å². The molecule has 0 atom stereocenters. The molecular formula is C19H23N3O4. The maximum atomic E-state index is 12.5. The van der Waals surface area contributed by atoms with E-state index in [4.69, 9.17) is 4.42 Å². The van der Waals surface area contributed by atoms with Crippen LogP contribution in [0.3, 0.4) is 0 Å². The second kappa shape index (κ2) is 8.84. The van der Waals surface area contributed by atoms with Gasteiger partial charge in [0.05, 0.1) is 12.8 Å². The first kappa shape index (κ1) is 19.2. The highest BCUT2D eigenvalue weighted by Gasteiger charge is 2.18. The minimum absolute atomic E-state index is 0.0253. The van der Waals surface area contributed by atoms with Gasteiger partial charge in [-0.25, -0.2) is 0 Å². The van der Waals surface area contributed by atoms with Crippen LogP contribution < -0.4 is 5.32 Å². The van der Waals surface area contributed by atoms with Crippen molar-refractivity contribution in [1.82, 2.24) is 9.80 Å². The first-order valence-corrected chi connectivity index (χ1v) is 8.44. The first-order valence-electron chi connectivity index (χ1n) is 8.44. The number of amides is 3. The van der Waals surface area contributed by atoms with Crippen molar-refractivity contribution in [3.63, 3.8) is 0 Å². The summed E-state index contributed by atoms with van der Waals surface area (Å²) in [7, 11) is 1.59. The molecule has 2 rings (SSSR count). The molecule has 7 nitrogen and oxygen atoms in total. The van der Waals surface area contributed by atoms with E-state index in [9.17, 15) is 14.4 Å². The van der Waals surface area contributed by atoms with Gasteiger partial charge >= 0.3 is 0 Å². The molecule has 0 aliphatic rings. The molecular weight excluding hydrogens is 334 g/mol. The largest absolute Gasteiger partial charge is 0.459 e. The molecule has 26 heavy (non-hydrogen) atoms. The summed E-state index contributed by atoms with van der Waals surface area (Å²) in [5, 5.41) is 2.68. The predicted molar refractivity (Wildman–Crippen MR) is 98.0 cm³/mol. The summed E-state index contributed by atoms with van der Waals surface area (Å²) >= 11 is 0. The van der Waals surface area contributed by atoms with Crippen LogP contribution in [-0.4, -0.2) is 54.2 Å². The summed E-state index contributed by atoms with van der Waals surface area (Å²) in [6, 6.07) is 9.68. The predicted octanol–water partition coefficient (Wildman–Crippen LogP) is 2.47. The van der Waals surface area contributed by atoms with Crippen molar-refractivity contribution in [3.05, 3.63) is 54.0 Å². The smallest absolute Gasteiger partial charge is 0.291 e. The van der Waals surface area contributed by atoms with E-state index in [1.54, 1.807) is 48.3 Å². The molecule has 1 heterocycles. The standard InChI is InChI=1S/C19H23N3O4/c1-4-22(5-2)17(23)13-21(3)19(25)14-8-10-15(11-9-14)20-18(24)16-7-6-12-26-16/h6-12H,4-5,13H2,1-3H3,(H,20,24). The number of nitrogens with one attached hydrogen (secondary N) is 1. The van der Waals surface area contributed by atoms with Gasteiger partial charge < -0.3 is 19.5 Å². The number of nitrogens with zero attached hydrogens (tertiary/aromatic N) is 2. The van der Waals surface area contributed by atoms with Crippen LogP contribution >= 0.6 is 0 Å². The Balaban J connectivity index is 1.97. The van der Waals surface area contributed by atoms with E-state index in [1.807, 2.05) is 13.8 Å². The number of carbonyl (C=O) groups excluding carboxylic acids is 3. The van der Waals surface area contributed by atoms with E-state index in [2.05, 4.69) is 5.32 Å². The third-order valence-electron chi connectivity index (χ3n) is 3.97. The molecule has 0 aliphatic heterocycles. The van der Waals surface area contributed by atoms with Crippen molar-refractivity contribution in [2.75, 3.05) is 32.0 Å². The molecule has 0 saturated carbocycles. The molecule has 0 bridgehead atoms. The number of carbonyl (C=O) groups is 3. The molecule has 0 fully saturated rings. The maximum absolute atomic E-state index is 12.5. The fraction of sp³-hybridized carbons (Fsp3) is 0.316. The van der Waals surface area contributed by atoms with Gasteiger partial charge in [0, 0.05) is 31.4 Å². The Morgan fingerprint density at radius 2 is 1.69 bits per heavy atom. The first-order chi connectivity index (χ1) is 12.5. The fourth-order valence-electron chi connectivity index (χ4n) is 2.47. The van der Waals surface area contributed by atoms with Crippen molar-refractivity contribution in [2.24, 2.45) is 0 Å². The summed E-state index contributed by atoms with van der Waals surface area (Å²) in [5.41, 5.74) is 0.987. The Bertz CT molecular complexity index is 750. The molecule has 1 aromatic carbocycles. The number of anilines is 1. The number of likely N-dealkylation sites (N-methyl/N-ethyl adjacent to an activating group) is 2. The fourth-order valence-corrected chi connectivity index (χ4v) is 2.47. The zero-order valence-electron chi connectivity index (χ0n) is 15.2. The van der Waals surface area contributed by atoms with E-state index in [-0.39, 0.29) is 30.0 Å². The molecule has 0 unspecified atom stereocenters. The number of hydrogen-bond donors (Lipinski definition) is 1. The summed E-state index contributed by atoms with van der Waals surface area (Å²) in [5.74, 6) is -0.501. The van der Waals surface area contributed by atoms with Crippen LogP contribution in [0.15, 0.2) is 47.1 Å². The maximum Gasteiger partial charge on any atom is 0.291 e. The summed E-state index contributed by atoms with van der Waals surface area (Å²) in [6.45, 7) is 5.05. The van der Waals surface area contributed by atoms with Crippen LogP contribution in [0.2, 0.25) is 0 Å². The number of benzene rings is 1. The molecule has 0 radical (unpaired) electrons. The monoisotopic (exact) mass is 357 g/mol. The summed E-state index contributed by atoms with van der Waals surface area (Å²) < 4.78 is 5.03. The number of hydrogen-bond acceptors (Lipinski definition) is 4. The van der Waals surface area contributed by atoms with Gasteiger partial charge in [-0.2, -0.15) is 0 Å². The molecule has 0 saturated heterocycles. The molecule has 0 spiro atoms. The Labute approximate surface area is 152 Å². The van der Waals surface area contributed by atoms with Gasteiger partial charge in [-0.3, -0.25) is 14.4 Å². The van der Waals surface area contributed by atoms with Crippen LogP contribution in [0, 0.1) is 0 Å². The molecule has 1 aromatic heterocycles.